The number of hydrogen-bond donors (Lipinski definition) is 1. The molecule has 0 fully saturated rings. The van der Waals surface area contributed by atoms with Crippen molar-refractivity contribution in [1.29, 1.82) is 0 Å². The zero-order valence-electron chi connectivity index (χ0n) is 19.1. The molecule has 8 heteroatoms. The monoisotopic (exact) mass is 475 g/mol. The van der Waals surface area contributed by atoms with E-state index in [9.17, 15) is 18.0 Å². The maximum atomic E-state index is 13.1. The van der Waals surface area contributed by atoms with E-state index in [0.717, 1.165) is 18.2 Å². The van der Waals surface area contributed by atoms with Gasteiger partial charge in [0.15, 0.2) is 9.84 Å². The van der Waals surface area contributed by atoms with Crippen LogP contribution >= 0.6 is 0 Å². The standard InChI is InChI=1S/C26H25N3O4S/c1-4-23(18-8-6-5-7-9-18)27-25(30)20-12-15-24-22(16-20)17(2)28-29(24)26(31)19-10-13-21(14-11-19)34(3,32)33/h5-16,23H,4H2,1-3H3,(H,27,30). The van der Waals surface area contributed by atoms with Crippen LogP contribution in [0.1, 0.15) is 51.4 Å². The average molecular weight is 476 g/mol. The van der Waals surface area contributed by atoms with Gasteiger partial charge in [0.2, 0.25) is 0 Å². The summed E-state index contributed by atoms with van der Waals surface area (Å²) >= 11 is 0. The molecule has 1 heterocycles. The summed E-state index contributed by atoms with van der Waals surface area (Å²) < 4.78 is 24.6. The summed E-state index contributed by atoms with van der Waals surface area (Å²) in [7, 11) is -3.35. The molecule has 1 amide bonds. The first kappa shape index (κ1) is 23.4. The molecular formula is C26H25N3O4S. The molecule has 7 nitrogen and oxygen atoms in total. The van der Waals surface area contributed by atoms with E-state index in [1.165, 1.54) is 28.9 Å². The van der Waals surface area contributed by atoms with Crippen molar-refractivity contribution in [2.45, 2.75) is 31.2 Å². The summed E-state index contributed by atoms with van der Waals surface area (Å²) in [4.78, 5) is 26.2. The molecule has 34 heavy (non-hydrogen) atoms. The number of fused-ring (bicyclic) bond motifs is 1. The Bertz CT molecular complexity index is 1470. The molecule has 0 bridgehead atoms. The molecule has 1 aromatic heterocycles. The molecule has 0 spiro atoms. The molecule has 3 aromatic carbocycles. The van der Waals surface area contributed by atoms with Crippen LogP contribution in [0.3, 0.4) is 0 Å². The lowest BCUT2D eigenvalue weighted by molar-refractivity contribution is 0.0933. The first-order chi connectivity index (χ1) is 16.2. The van der Waals surface area contributed by atoms with Crippen molar-refractivity contribution in [3.05, 3.63) is 95.2 Å². The first-order valence-electron chi connectivity index (χ1n) is 10.9. The summed E-state index contributed by atoms with van der Waals surface area (Å²) in [5.41, 5.74) is 3.01. The fraction of sp³-hybridized carbons (Fsp3) is 0.192. The Morgan fingerprint density at radius 1 is 0.971 bits per heavy atom. The van der Waals surface area contributed by atoms with Gasteiger partial charge in [0.05, 0.1) is 22.1 Å². The lowest BCUT2D eigenvalue weighted by Crippen LogP contribution is -2.28. The van der Waals surface area contributed by atoms with E-state index in [2.05, 4.69) is 10.4 Å². The number of nitrogens with one attached hydrogen (secondary N) is 1. The third kappa shape index (κ3) is 4.63. The minimum atomic E-state index is -3.35. The predicted molar refractivity (Wildman–Crippen MR) is 131 cm³/mol. The Morgan fingerprint density at radius 3 is 2.24 bits per heavy atom. The van der Waals surface area contributed by atoms with Gasteiger partial charge >= 0.3 is 0 Å². The lowest BCUT2D eigenvalue weighted by Gasteiger charge is -2.17. The molecule has 174 valence electrons. The fourth-order valence-corrected chi connectivity index (χ4v) is 4.51. The van der Waals surface area contributed by atoms with E-state index in [0.29, 0.717) is 27.7 Å². The van der Waals surface area contributed by atoms with E-state index in [1.807, 2.05) is 37.3 Å². The Labute approximate surface area is 198 Å². The highest BCUT2D eigenvalue weighted by Gasteiger charge is 2.19. The third-order valence-corrected chi connectivity index (χ3v) is 6.89. The molecule has 4 rings (SSSR count). The molecular weight excluding hydrogens is 450 g/mol. The van der Waals surface area contributed by atoms with Gasteiger partial charge in [-0.1, -0.05) is 37.3 Å². The third-order valence-electron chi connectivity index (χ3n) is 5.76. The maximum Gasteiger partial charge on any atom is 0.278 e. The summed E-state index contributed by atoms with van der Waals surface area (Å²) in [5, 5.41) is 8.15. The average Bonchev–Trinajstić information content (AvgIpc) is 3.17. The highest BCUT2D eigenvalue weighted by atomic mass is 32.2. The number of amides is 1. The molecule has 1 N–H and O–H groups in total. The summed E-state index contributed by atoms with van der Waals surface area (Å²) in [6, 6.07) is 20.6. The largest absolute Gasteiger partial charge is 0.345 e. The first-order valence-corrected chi connectivity index (χ1v) is 12.8. The topological polar surface area (TPSA) is 98.1 Å². The van der Waals surface area contributed by atoms with Gasteiger partial charge in [0, 0.05) is 22.8 Å². The second-order valence-corrected chi connectivity index (χ2v) is 10.2. The SMILES string of the molecule is CCC(NC(=O)c1ccc2c(c1)c(C)nn2C(=O)c1ccc(S(C)(=O)=O)cc1)c1ccccc1. The minimum Gasteiger partial charge on any atom is -0.345 e. The number of nitrogens with zero attached hydrogens (tertiary/aromatic N) is 2. The second kappa shape index (κ2) is 9.23. The van der Waals surface area contributed by atoms with E-state index in [1.54, 1.807) is 25.1 Å². The number of aryl methyl sites for hydroxylation is 1. The highest BCUT2D eigenvalue weighted by molar-refractivity contribution is 7.90. The Balaban J connectivity index is 1.62. The zero-order valence-corrected chi connectivity index (χ0v) is 20.0. The van der Waals surface area contributed by atoms with Crippen molar-refractivity contribution >= 4 is 32.6 Å². The molecule has 4 aromatic rings. The number of hydrogen-bond acceptors (Lipinski definition) is 5. The van der Waals surface area contributed by atoms with E-state index >= 15 is 0 Å². The molecule has 1 unspecified atom stereocenters. The maximum absolute atomic E-state index is 13.1. The van der Waals surface area contributed by atoms with Crippen LogP contribution in [0.5, 0.6) is 0 Å². The van der Waals surface area contributed by atoms with Crippen molar-refractivity contribution in [3.63, 3.8) is 0 Å². The van der Waals surface area contributed by atoms with Gasteiger partial charge in [0.25, 0.3) is 11.8 Å². The number of carbonyl (C=O) groups is 2. The van der Waals surface area contributed by atoms with Crippen LogP contribution in [-0.2, 0) is 9.84 Å². The number of benzene rings is 3. The summed E-state index contributed by atoms with van der Waals surface area (Å²) in [6.07, 6.45) is 1.87. The zero-order chi connectivity index (χ0) is 24.5. The number of aromatic nitrogens is 2. The van der Waals surface area contributed by atoms with Gasteiger partial charge in [-0.05, 0) is 61.4 Å². The van der Waals surface area contributed by atoms with Crippen LogP contribution in [-0.4, -0.2) is 36.3 Å². The molecule has 0 aliphatic rings. The minimum absolute atomic E-state index is 0.107. The van der Waals surface area contributed by atoms with Crippen LogP contribution in [0.2, 0.25) is 0 Å². The molecule has 0 saturated heterocycles. The van der Waals surface area contributed by atoms with Gasteiger partial charge < -0.3 is 5.32 Å². The van der Waals surface area contributed by atoms with Crippen LogP contribution < -0.4 is 5.32 Å². The molecule has 0 aliphatic heterocycles. The van der Waals surface area contributed by atoms with Crippen molar-refractivity contribution in [2.24, 2.45) is 0 Å². The number of carbonyl (C=O) groups excluding carboxylic acids is 2. The van der Waals surface area contributed by atoms with Crippen molar-refractivity contribution < 1.29 is 18.0 Å². The van der Waals surface area contributed by atoms with Gasteiger partial charge in [-0.25, -0.2) is 8.42 Å². The van der Waals surface area contributed by atoms with E-state index in [-0.39, 0.29) is 22.8 Å². The van der Waals surface area contributed by atoms with Crippen molar-refractivity contribution in [2.75, 3.05) is 6.26 Å². The van der Waals surface area contributed by atoms with Crippen LogP contribution in [0.25, 0.3) is 10.9 Å². The van der Waals surface area contributed by atoms with Crippen LogP contribution in [0.15, 0.2) is 77.7 Å². The molecule has 1 atom stereocenters. The normalized spacial score (nSPS) is 12.4. The predicted octanol–water partition coefficient (Wildman–Crippen LogP) is 4.32. The summed E-state index contributed by atoms with van der Waals surface area (Å²) in [5.74, 6) is -0.585. The van der Waals surface area contributed by atoms with Gasteiger partial charge in [-0.15, -0.1) is 0 Å². The van der Waals surface area contributed by atoms with Gasteiger partial charge in [-0.3, -0.25) is 9.59 Å². The van der Waals surface area contributed by atoms with Gasteiger partial charge in [0.1, 0.15) is 0 Å². The Hall–Kier alpha value is -3.78. The fourth-order valence-electron chi connectivity index (χ4n) is 3.88. The molecule has 0 radical (unpaired) electrons. The quantitative estimate of drug-likeness (QED) is 0.448. The number of sulfone groups is 1. The highest BCUT2D eigenvalue weighted by Crippen LogP contribution is 2.23. The number of rotatable bonds is 6. The van der Waals surface area contributed by atoms with Crippen molar-refractivity contribution in [3.8, 4) is 0 Å². The molecule has 0 saturated carbocycles. The second-order valence-electron chi connectivity index (χ2n) is 8.18. The van der Waals surface area contributed by atoms with Crippen LogP contribution in [0, 0.1) is 6.92 Å². The Kier molecular flexibility index (Phi) is 6.34. The Morgan fingerprint density at radius 2 is 1.62 bits per heavy atom. The van der Waals surface area contributed by atoms with Gasteiger partial charge in [-0.2, -0.15) is 9.78 Å². The molecule has 0 aliphatic carbocycles. The van der Waals surface area contributed by atoms with E-state index in [4.69, 9.17) is 0 Å². The van der Waals surface area contributed by atoms with Crippen molar-refractivity contribution in [1.82, 2.24) is 15.1 Å². The smallest absolute Gasteiger partial charge is 0.278 e. The lowest BCUT2D eigenvalue weighted by atomic mass is 10.0. The van der Waals surface area contributed by atoms with E-state index < -0.39 is 9.84 Å². The van der Waals surface area contributed by atoms with Crippen LogP contribution in [0.4, 0.5) is 0 Å². The summed E-state index contributed by atoms with van der Waals surface area (Å²) in [6.45, 7) is 3.79.